The van der Waals surface area contributed by atoms with Crippen molar-refractivity contribution >= 4 is 10.9 Å². The molecule has 2 aromatic rings. The van der Waals surface area contributed by atoms with Gasteiger partial charge in [0.2, 0.25) is 0 Å². The molecule has 1 aromatic heterocycles. The van der Waals surface area contributed by atoms with Crippen LogP contribution in [0.1, 0.15) is 11.6 Å². The number of morpholine rings is 1. The van der Waals surface area contributed by atoms with Crippen molar-refractivity contribution in [2.24, 2.45) is 0 Å². The Morgan fingerprint density at radius 3 is 2.94 bits per heavy atom. The summed E-state index contributed by atoms with van der Waals surface area (Å²) in [5, 5.41) is 1.33. The topological polar surface area (TPSA) is 25.0 Å². The van der Waals surface area contributed by atoms with Gasteiger partial charge < -0.3 is 14.2 Å². The van der Waals surface area contributed by atoms with Crippen LogP contribution in [0.3, 0.4) is 0 Å². The van der Waals surface area contributed by atoms with Crippen molar-refractivity contribution in [2.75, 3.05) is 33.9 Å². The standard InChI is InChI=1S/C14H19N2O/c1-16(2)7-8-17-10-14(16)12-9-15-13-6-4-3-5-11(12)13/h3-6,9,14-15H,7-8,10H2,1-2H3/q+1. The summed E-state index contributed by atoms with van der Waals surface area (Å²) in [6.07, 6.45) is 2.14. The summed E-state index contributed by atoms with van der Waals surface area (Å²) in [5.74, 6) is 0. The fourth-order valence-electron chi connectivity index (χ4n) is 2.69. The van der Waals surface area contributed by atoms with Gasteiger partial charge in [0.15, 0.2) is 0 Å². The Morgan fingerprint density at radius 1 is 1.29 bits per heavy atom. The van der Waals surface area contributed by atoms with Gasteiger partial charge in [-0.25, -0.2) is 0 Å². The lowest BCUT2D eigenvalue weighted by molar-refractivity contribution is -0.929. The van der Waals surface area contributed by atoms with E-state index in [0.717, 1.165) is 24.2 Å². The van der Waals surface area contributed by atoms with Crippen LogP contribution in [0.4, 0.5) is 0 Å². The van der Waals surface area contributed by atoms with Crippen LogP contribution >= 0.6 is 0 Å². The lowest BCUT2D eigenvalue weighted by atomic mass is 10.0. The summed E-state index contributed by atoms with van der Waals surface area (Å²) in [4.78, 5) is 3.36. The maximum atomic E-state index is 5.66. The zero-order chi connectivity index (χ0) is 11.9. The number of nitrogens with one attached hydrogen (secondary N) is 1. The van der Waals surface area contributed by atoms with Gasteiger partial charge in [-0.2, -0.15) is 0 Å². The second-order valence-electron chi connectivity index (χ2n) is 5.38. The van der Waals surface area contributed by atoms with Crippen LogP contribution in [-0.2, 0) is 4.74 Å². The molecular weight excluding hydrogens is 212 g/mol. The third-order valence-electron chi connectivity index (χ3n) is 3.91. The molecule has 0 spiro atoms. The van der Waals surface area contributed by atoms with Crippen molar-refractivity contribution in [3.05, 3.63) is 36.0 Å². The van der Waals surface area contributed by atoms with E-state index in [0.29, 0.717) is 6.04 Å². The lowest BCUT2D eigenvalue weighted by Gasteiger charge is -2.41. The molecule has 90 valence electrons. The third-order valence-corrected chi connectivity index (χ3v) is 3.91. The quantitative estimate of drug-likeness (QED) is 0.749. The summed E-state index contributed by atoms with van der Waals surface area (Å²) in [6.45, 7) is 2.75. The van der Waals surface area contributed by atoms with Crippen LogP contribution in [0.5, 0.6) is 0 Å². The van der Waals surface area contributed by atoms with Gasteiger partial charge in [-0.05, 0) is 6.07 Å². The normalized spacial score (nSPS) is 24.0. The Morgan fingerprint density at radius 2 is 2.12 bits per heavy atom. The molecule has 0 bridgehead atoms. The van der Waals surface area contributed by atoms with Crippen molar-refractivity contribution in [3.63, 3.8) is 0 Å². The molecule has 1 aliphatic rings. The van der Waals surface area contributed by atoms with E-state index in [9.17, 15) is 0 Å². The number of ether oxygens (including phenoxy) is 1. The number of nitrogens with zero attached hydrogens (tertiary/aromatic N) is 1. The van der Waals surface area contributed by atoms with Crippen LogP contribution in [0, 0.1) is 0 Å². The summed E-state index contributed by atoms with van der Waals surface area (Å²) in [5.41, 5.74) is 2.60. The summed E-state index contributed by atoms with van der Waals surface area (Å²) in [6, 6.07) is 8.92. The van der Waals surface area contributed by atoms with Gasteiger partial charge in [0, 0.05) is 22.7 Å². The number of para-hydroxylation sites is 1. The highest BCUT2D eigenvalue weighted by atomic mass is 16.5. The van der Waals surface area contributed by atoms with E-state index in [4.69, 9.17) is 4.74 Å². The number of aromatic amines is 1. The number of fused-ring (bicyclic) bond motifs is 1. The Kier molecular flexibility index (Phi) is 2.45. The van der Waals surface area contributed by atoms with Gasteiger partial charge in [-0.3, -0.25) is 0 Å². The number of H-pyrrole nitrogens is 1. The number of hydrogen-bond donors (Lipinski definition) is 1. The summed E-state index contributed by atoms with van der Waals surface area (Å²) >= 11 is 0. The Balaban J connectivity index is 2.08. The average molecular weight is 231 g/mol. The van der Waals surface area contributed by atoms with Gasteiger partial charge in [-0.15, -0.1) is 0 Å². The summed E-state index contributed by atoms with van der Waals surface area (Å²) in [7, 11) is 4.57. The maximum Gasteiger partial charge on any atom is 0.140 e. The van der Waals surface area contributed by atoms with Gasteiger partial charge in [-0.1, -0.05) is 18.2 Å². The molecule has 17 heavy (non-hydrogen) atoms. The zero-order valence-electron chi connectivity index (χ0n) is 10.4. The molecule has 0 aliphatic carbocycles. The number of quaternary nitrogens is 1. The molecule has 1 aliphatic heterocycles. The monoisotopic (exact) mass is 231 g/mol. The van der Waals surface area contributed by atoms with E-state index < -0.39 is 0 Å². The van der Waals surface area contributed by atoms with Crippen LogP contribution in [0.25, 0.3) is 10.9 Å². The number of likely N-dealkylation sites (N-methyl/N-ethyl adjacent to an activating group) is 1. The lowest BCUT2D eigenvalue weighted by Crippen LogP contribution is -2.50. The Labute approximate surface area is 102 Å². The molecule has 1 unspecified atom stereocenters. The van der Waals surface area contributed by atoms with E-state index in [2.05, 4.69) is 49.5 Å². The molecule has 1 atom stereocenters. The minimum Gasteiger partial charge on any atom is -0.369 e. The first-order valence-electron chi connectivity index (χ1n) is 6.15. The first kappa shape index (κ1) is 10.8. The average Bonchev–Trinajstić information content (AvgIpc) is 2.72. The number of aromatic nitrogens is 1. The SMILES string of the molecule is C[N+]1(C)CCOCC1c1c[nH]c2ccccc12. The molecule has 0 radical (unpaired) electrons. The molecule has 1 aromatic carbocycles. The fraction of sp³-hybridized carbons (Fsp3) is 0.429. The number of rotatable bonds is 1. The highest BCUT2D eigenvalue weighted by Gasteiger charge is 2.34. The van der Waals surface area contributed by atoms with Crippen LogP contribution < -0.4 is 0 Å². The predicted molar refractivity (Wildman–Crippen MR) is 68.8 cm³/mol. The van der Waals surface area contributed by atoms with Gasteiger partial charge in [0.1, 0.15) is 19.2 Å². The molecule has 1 fully saturated rings. The van der Waals surface area contributed by atoms with Crippen molar-refractivity contribution in [1.29, 1.82) is 0 Å². The first-order valence-corrected chi connectivity index (χ1v) is 6.15. The molecular formula is C14H19N2O+. The second kappa shape index (κ2) is 3.86. The van der Waals surface area contributed by atoms with Gasteiger partial charge in [0.25, 0.3) is 0 Å². The molecule has 1 saturated heterocycles. The molecule has 1 N–H and O–H groups in total. The van der Waals surface area contributed by atoms with Gasteiger partial charge >= 0.3 is 0 Å². The van der Waals surface area contributed by atoms with E-state index in [1.807, 2.05) is 0 Å². The van der Waals surface area contributed by atoms with Crippen molar-refractivity contribution in [3.8, 4) is 0 Å². The Hall–Kier alpha value is -1.32. The molecule has 3 nitrogen and oxygen atoms in total. The van der Waals surface area contributed by atoms with Crippen LogP contribution in [0.15, 0.2) is 30.5 Å². The Bertz CT molecular complexity index is 530. The van der Waals surface area contributed by atoms with E-state index in [1.165, 1.54) is 16.5 Å². The fourth-order valence-corrected chi connectivity index (χ4v) is 2.69. The number of hydrogen-bond acceptors (Lipinski definition) is 1. The van der Waals surface area contributed by atoms with Crippen LogP contribution in [-0.4, -0.2) is 43.3 Å². The molecule has 3 rings (SSSR count). The minimum atomic E-state index is 0.430. The highest BCUT2D eigenvalue weighted by Crippen LogP contribution is 2.33. The maximum absolute atomic E-state index is 5.66. The second-order valence-corrected chi connectivity index (χ2v) is 5.38. The highest BCUT2D eigenvalue weighted by molar-refractivity contribution is 5.83. The summed E-state index contributed by atoms with van der Waals surface area (Å²) < 4.78 is 6.66. The molecule has 2 heterocycles. The van der Waals surface area contributed by atoms with E-state index >= 15 is 0 Å². The molecule has 0 amide bonds. The van der Waals surface area contributed by atoms with E-state index in [-0.39, 0.29) is 0 Å². The molecule has 3 heteroatoms. The van der Waals surface area contributed by atoms with Crippen molar-refractivity contribution in [2.45, 2.75) is 6.04 Å². The number of benzene rings is 1. The largest absolute Gasteiger partial charge is 0.369 e. The van der Waals surface area contributed by atoms with Crippen LogP contribution in [0.2, 0.25) is 0 Å². The third kappa shape index (κ3) is 1.75. The molecule has 0 saturated carbocycles. The van der Waals surface area contributed by atoms with Crippen molar-refractivity contribution < 1.29 is 9.22 Å². The first-order chi connectivity index (χ1) is 8.18. The van der Waals surface area contributed by atoms with E-state index in [1.54, 1.807) is 0 Å². The van der Waals surface area contributed by atoms with Gasteiger partial charge in [0.05, 0.1) is 20.7 Å². The zero-order valence-corrected chi connectivity index (χ0v) is 10.4. The van der Waals surface area contributed by atoms with Crippen molar-refractivity contribution in [1.82, 2.24) is 4.98 Å². The predicted octanol–water partition coefficient (Wildman–Crippen LogP) is 2.32. The smallest absolute Gasteiger partial charge is 0.140 e. The minimum absolute atomic E-state index is 0.430.